The van der Waals surface area contributed by atoms with Gasteiger partial charge in [-0.25, -0.2) is 8.42 Å². The summed E-state index contributed by atoms with van der Waals surface area (Å²) in [4.78, 5) is 16.4. The number of carbonyl (C=O) groups excluding carboxylic acids is 1. The van der Waals surface area contributed by atoms with Crippen LogP contribution in [0.1, 0.15) is 12.5 Å². The molecule has 0 spiro atoms. The van der Waals surface area contributed by atoms with Crippen LogP contribution in [-0.4, -0.2) is 69.6 Å². The maximum absolute atomic E-state index is 12.5. The van der Waals surface area contributed by atoms with Crippen molar-refractivity contribution in [1.29, 1.82) is 5.26 Å². The SMILES string of the molecule is CCN1CCN(C(=O)CN(c2ccc(C#N)cc2)S(C)(=O)=O)CC1. The Labute approximate surface area is 143 Å². The fraction of sp³-hybridized carbons (Fsp3) is 0.500. The molecule has 0 N–H and O–H groups in total. The fourth-order valence-corrected chi connectivity index (χ4v) is 3.49. The topological polar surface area (TPSA) is 84.7 Å². The van der Waals surface area contributed by atoms with Crippen LogP contribution in [0.2, 0.25) is 0 Å². The summed E-state index contributed by atoms with van der Waals surface area (Å²) in [5.74, 6) is -0.208. The number of hydrogen-bond acceptors (Lipinski definition) is 5. The molecule has 0 atom stereocenters. The molecule has 0 aliphatic carbocycles. The number of sulfonamides is 1. The molecule has 1 heterocycles. The van der Waals surface area contributed by atoms with E-state index in [0.717, 1.165) is 30.2 Å². The molecule has 1 aliphatic heterocycles. The second-order valence-electron chi connectivity index (χ2n) is 5.74. The predicted octanol–water partition coefficient (Wildman–Crippen LogP) is 0.488. The lowest BCUT2D eigenvalue weighted by atomic mass is 10.2. The molecule has 0 bridgehead atoms. The van der Waals surface area contributed by atoms with Crippen LogP contribution in [-0.2, 0) is 14.8 Å². The molecule has 24 heavy (non-hydrogen) atoms. The van der Waals surface area contributed by atoms with Gasteiger partial charge in [-0.2, -0.15) is 5.26 Å². The highest BCUT2D eigenvalue weighted by atomic mass is 32.2. The van der Waals surface area contributed by atoms with E-state index in [0.29, 0.717) is 24.3 Å². The Balaban J connectivity index is 2.12. The van der Waals surface area contributed by atoms with E-state index in [9.17, 15) is 13.2 Å². The van der Waals surface area contributed by atoms with E-state index in [1.165, 1.54) is 12.1 Å². The zero-order chi connectivity index (χ0) is 17.7. The summed E-state index contributed by atoms with van der Waals surface area (Å²) < 4.78 is 25.3. The van der Waals surface area contributed by atoms with E-state index in [4.69, 9.17) is 5.26 Å². The van der Waals surface area contributed by atoms with Gasteiger partial charge in [0.05, 0.1) is 23.6 Å². The number of hydrogen-bond donors (Lipinski definition) is 0. The van der Waals surface area contributed by atoms with Crippen molar-refractivity contribution in [2.24, 2.45) is 0 Å². The zero-order valence-electron chi connectivity index (χ0n) is 14.0. The lowest BCUT2D eigenvalue weighted by molar-refractivity contribution is -0.131. The van der Waals surface area contributed by atoms with Crippen molar-refractivity contribution in [3.8, 4) is 6.07 Å². The Morgan fingerprint density at radius 2 is 1.79 bits per heavy atom. The van der Waals surface area contributed by atoms with Crippen molar-refractivity contribution in [2.45, 2.75) is 6.92 Å². The van der Waals surface area contributed by atoms with Gasteiger partial charge in [0.15, 0.2) is 0 Å². The maximum atomic E-state index is 12.5. The predicted molar refractivity (Wildman–Crippen MR) is 92.0 cm³/mol. The van der Waals surface area contributed by atoms with Crippen molar-refractivity contribution >= 4 is 21.6 Å². The van der Waals surface area contributed by atoms with Crippen molar-refractivity contribution in [3.05, 3.63) is 29.8 Å². The number of nitrogens with zero attached hydrogens (tertiary/aromatic N) is 4. The van der Waals surface area contributed by atoms with Crippen molar-refractivity contribution in [3.63, 3.8) is 0 Å². The first-order valence-corrected chi connectivity index (χ1v) is 9.68. The third kappa shape index (κ3) is 4.46. The van der Waals surface area contributed by atoms with Gasteiger partial charge in [0, 0.05) is 26.2 Å². The van der Waals surface area contributed by atoms with E-state index in [-0.39, 0.29) is 12.5 Å². The van der Waals surface area contributed by atoms with Crippen LogP contribution in [0.25, 0.3) is 0 Å². The van der Waals surface area contributed by atoms with Crippen LogP contribution in [0, 0.1) is 11.3 Å². The third-order valence-electron chi connectivity index (χ3n) is 4.14. The maximum Gasteiger partial charge on any atom is 0.243 e. The van der Waals surface area contributed by atoms with Gasteiger partial charge in [0.25, 0.3) is 0 Å². The number of nitriles is 1. The molecule has 1 aliphatic rings. The molecule has 1 amide bonds. The van der Waals surface area contributed by atoms with Gasteiger partial charge < -0.3 is 9.80 Å². The highest BCUT2D eigenvalue weighted by Gasteiger charge is 2.26. The highest BCUT2D eigenvalue weighted by molar-refractivity contribution is 7.92. The summed E-state index contributed by atoms with van der Waals surface area (Å²) in [7, 11) is -3.59. The fourth-order valence-electron chi connectivity index (χ4n) is 2.64. The van der Waals surface area contributed by atoms with Gasteiger partial charge in [0.1, 0.15) is 6.54 Å². The number of benzene rings is 1. The molecule has 0 radical (unpaired) electrons. The molecule has 1 aromatic rings. The van der Waals surface area contributed by atoms with Gasteiger partial charge in [0.2, 0.25) is 15.9 Å². The molecule has 8 heteroatoms. The molecule has 1 aromatic carbocycles. The van der Waals surface area contributed by atoms with E-state index in [1.807, 2.05) is 6.07 Å². The third-order valence-corrected chi connectivity index (χ3v) is 5.28. The van der Waals surface area contributed by atoms with Gasteiger partial charge in [-0.1, -0.05) is 6.92 Å². The Morgan fingerprint density at radius 1 is 1.21 bits per heavy atom. The van der Waals surface area contributed by atoms with E-state index >= 15 is 0 Å². The number of anilines is 1. The van der Waals surface area contributed by atoms with Crippen LogP contribution >= 0.6 is 0 Å². The summed E-state index contributed by atoms with van der Waals surface area (Å²) in [5.41, 5.74) is 0.825. The van der Waals surface area contributed by atoms with E-state index < -0.39 is 10.0 Å². The Bertz CT molecular complexity index is 717. The molecular formula is C16H22N4O3S. The van der Waals surface area contributed by atoms with Crippen molar-refractivity contribution < 1.29 is 13.2 Å². The summed E-state index contributed by atoms with van der Waals surface area (Å²) in [6.07, 6.45) is 1.08. The monoisotopic (exact) mass is 350 g/mol. The molecule has 1 saturated heterocycles. The molecule has 0 unspecified atom stereocenters. The Kier molecular flexibility index (Phi) is 5.80. The van der Waals surface area contributed by atoms with E-state index in [2.05, 4.69) is 11.8 Å². The van der Waals surface area contributed by atoms with Crippen LogP contribution < -0.4 is 4.31 Å². The lowest BCUT2D eigenvalue weighted by Gasteiger charge is -2.35. The molecule has 0 saturated carbocycles. The minimum absolute atomic E-state index is 0.208. The number of likely N-dealkylation sites (N-methyl/N-ethyl adjacent to an activating group) is 1. The minimum atomic E-state index is -3.59. The standard InChI is InChI=1S/C16H22N4O3S/c1-3-18-8-10-19(11-9-18)16(21)13-20(24(2,22)23)15-6-4-14(12-17)5-7-15/h4-7H,3,8-11,13H2,1-2H3. The molecule has 130 valence electrons. The molecule has 7 nitrogen and oxygen atoms in total. The second kappa shape index (κ2) is 7.64. The average Bonchev–Trinajstić information content (AvgIpc) is 2.58. The van der Waals surface area contributed by atoms with E-state index in [1.54, 1.807) is 17.0 Å². The first-order chi connectivity index (χ1) is 11.3. The quantitative estimate of drug-likeness (QED) is 0.771. The number of amides is 1. The molecular weight excluding hydrogens is 328 g/mol. The van der Waals surface area contributed by atoms with Crippen molar-refractivity contribution in [2.75, 3.05) is 49.8 Å². The highest BCUT2D eigenvalue weighted by Crippen LogP contribution is 2.18. The smallest absolute Gasteiger partial charge is 0.243 e. The van der Waals surface area contributed by atoms with Gasteiger partial charge in [-0.3, -0.25) is 9.10 Å². The van der Waals surface area contributed by atoms with Gasteiger partial charge >= 0.3 is 0 Å². The number of rotatable bonds is 5. The normalized spacial score (nSPS) is 15.8. The largest absolute Gasteiger partial charge is 0.339 e. The molecule has 1 fully saturated rings. The van der Waals surface area contributed by atoms with Crippen LogP contribution in [0.5, 0.6) is 0 Å². The summed E-state index contributed by atoms with van der Waals surface area (Å²) in [6.45, 7) is 5.62. The van der Waals surface area contributed by atoms with Crippen LogP contribution in [0.15, 0.2) is 24.3 Å². The Morgan fingerprint density at radius 3 is 2.25 bits per heavy atom. The first-order valence-electron chi connectivity index (χ1n) is 7.83. The number of carbonyl (C=O) groups is 1. The second-order valence-corrected chi connectivity index (χ2v) is 7.65. The lowest BCUT2D eigenvalue weighted by Crippen LogP contribution is -2.51. The summed E-state index contributed by atoms with van der Waals surface area (Å²) >= 11 is 0. The number of piperazine rings is 1. The molecule has 0 aromatic heterocycles. The van der Waals surface area contributed by atoms with Crippen molar-refractivity contribution in [1.82, 2.24) is 9.80 Å². The zero-order valence-corrected chi connectivity index (χ0v) is 14.8. The summed E-state index contributed by atoms with van der Waals surface area (Å²) in [6, 6.07) is 8.15. The Hall–Kier alpha value is -2.11. The van der Waals surface area contributed by atoms with Gasteiger partial charge in [-0.05, 0) is 30.8 Å². The molecule has 2 rings (SSSR count). The minimum Gasteiger partial charge on any atom is -0.339 e. The van der Waals surface area contributed by atoms with Gasteiger partial charge in [-0.15, -0.1) is 0 Å². The van der Waals surface area contributed by atoms with Crippen LogP contribution in [0.3, 0.4) is 0 Å². The average molecular weight is 350 g/mol. The summed E-state index contributed by atoms with van der Waals surface area (Å²) in [5, 5.41) is 8.84. The first kappa shape index (κ1) is 18.2. The van der Waals surface area contributed by atoms with Crippen LogP contribution in [0.4, 0.5) is 5.69 Å².